The van der Waals surface area contributed by atoms with Crippen LogP contribution in [-0.4, -0.2) is 26.4 Å². The van der Waals surface area contributed by atoms with Crippen LogP contribution in [0, 0.1) is 0 Å². The monoisotopic (exact) mass is 235 g/mol. The molecule has 5 heteroatoms. The topological polar surface area (TPSA) is 64.1 Å². The van der Waals surface area contributed by atoms with Crippen LogP contribution in [0.5, 0.6) is 0 Å². The van der Waals surface area contributed by atoms with E-state index in [1.165, 1.54) is 0 Å². The first-order valence-electron chi connectivity index (χ1n) is 5.92. The Labute approximate surface area is 100 Å². The number of aliphatic hydroxyl groups excluding tert-OH is 1. The van der Waals surface area contributed by atoms with Crippen molar-refractivity contribution in [3.8, 4) is 11.4 Å². The van der Waals surface area contributed by atoms with E-state index in [0.29, 0.717) is 12.8 Å². The van der Waals surface area contributed by atoms with Gasteiger partial charge in [0, 0.05) is 25.6 Å². The summed E-state index contributed by atoms with van der Waals surface area (Å²) in [5.74, 6) is 0.804. The standard InChI is InChI=1S/C12H17N3O2/c1-2-5-15-9-13-8-12(15)11-7-10(17-14-11)4-3-6-16/h7-9,16H,2-6H2,1H3. The Morgan fingerprint density at radius 2 is 2.35 bits per heavy atom. The molecule has 0 aliphatic rings. The smallest absolute Gasteiger partial charge is 0.137 e. The van der Waals surface area contributed by atoms with Crippen molar-refractivity contribution in [3.63, 3.8) is 0 Å². The number of nitrogens with zero attached hydrogens (tertiary/aromatic N) is 3. The van der Waals surface area contributed by atoms with Gasteiger partial charge in [-0.3, -0.25) is 0 Å². The van der Waals surface area contributed by atoms with E-state index in [4.69, 9.17) is 9.63 Å². The third-order valence-electron chi connectivity index (χ3n) is 2.58. The highest BCUT2D eigenvalue weighted by Gasteiger charge is 2.10. The summed E-state index contributed by atoms with van der Waals surface area (Å²) in [6.07, 6.45) is 6.07. The Balaban J connectivity index is 2.15. The van der Waals surface area contributed by atoms with Gasteiger partial charge in [-0.15, -0.1) is 0 Å². The minimum absolute atomic E-state index is 0.170. The predicted octanol–water partition coefficient (Wildman–Crippen LogP) is 1.87. The molecule has 0 radical (unpaired) electrons. The van der Waals surface area contributed by atoms with Crippen molar-refractivity contribution in [1.82, 2.24) is 14.7 Å². The molecule has 2 aromatic heterocycles. The van der Waals surface area contributed by atoms with Gasteiger partial charge in [-0.2, -0.15) is 0 Å². The second-order valence-corrected chi connectivity index (χ2v) is 3.98. The summed E-state index contributed by atoms with van der Waals surface area (Å²) in [5, 5.41) is 12.8. The fourth-order valence-electron chi connectivity index (χ4n) is 1.76. The Morgan fingerprint density at radius 3 is 3.12 bits per heavy atom. The molecule has 17 heavy (non-hydrogen) atoms. The molecule has 0 spiro atoms. The Bertz CT molecular complexity index is 462. The maximum Gasteiger partial charge on any atom is 0.137 e. The molecule has 0 bridgehead atoms. The van der Waals surface area contributed by atoms with Gasteiger partial charge in [0.1, 0.15) is 11.5 Å². The van der Waals surface area contributed by atoms with E-state index in [-0.39, 0.29) is 6.61 Å². The highest BCUT2D eigenvalue weighted by molar-refractivity contribution is 5.53. The molecule has 0 amide bonds. The van der Waals surface area contributed by atoms with E-state index in [1.54, 1.807) is 12.5 Å². The number of aryl methyl sites for hydroxylation is 2. The normalized spacial score (nSPS) is 10.9. The van der Waals surface area contributed by atoms with Gasteiger partial charge >= 0.3 is 0 Å². The minimum atomic E-state index is 0.170. The van der Waals surface area contributed by atoms with Gasteiger partial charge < -0.3 is 14.2 Å². The van der Waals surface area contributed by atoms with Crippen LogP contribution in [-0.2, 0) is 13.0 Å². The molecule has 0 atom stereocenters. The van der Waals surface area contributed by atoms with Crippen LogP contribution in [0.3, 0.4) is 0 Å². The molecule has 2 rings (SSSR count). The van der Waals surface area contributed by atoms with Crippen molar-refractivity contribution in [3.05, 3.63) is 24.4 Å². The third-order valence-corrected chi connectivity index (χ3v) is 2.58. The quantitative estimate of drug-likeness (QED) is 0.830. The highest BCUT2D eigenvalue weighted by atomic mass is 16.5. The number of hydrogen-bond acceptors (Lipinski definition) is 4. The second-order valence-electron chi connectivity index (χ2n) is 3.98. The molecule has 0 aliphatic carbocycles. The maximum atomic E-state index is 8.76. The molecule has 92 valence electrons. The largest absolute Gasteiger partial charge is 0.396 e. The maximum absolute atomic E-state index is 8.76. The van der Waals surface area contributed by atoms with E-state index in [2.05, 4.69) is 21.6 Å². The fraction of sp³-hybridized carbons (Fsp3) is 0.500. The average molecular weight is 235 g/mol. The molecule has 1 N–H and O–H groups in total. The summed E-state index contributed by atoms with van der Waals surface area (Å²) < 4.78 is 7.28. The summed E-state index contributed by atoms with van der Waals surface area (Å²) in [5.41, 5.74) is 1.79. The van der Waals surface area contributed by atoms with Crippen molar-refractivity contribution < 1.29 is 9.63 Å². The van der Waals surface area contributed by atoms with Crippen LogP contribution in [0.25, 0.3) is 11.4 Å². The van der Waals surface area contributed by atoms with E-state index >= 15 is 0 Å². The predicted molar refractivity (Wildman–Crippen MR) is 63.4 cm³/mol. The van der Waals surface area contributed by atoms with E-state index in [9.17, 15) is 0 Å². The molecular formula is C12H17N3O2. The molecule has 5 nitrogen and oxygen atoms in total. The van der Waals surface area contributed by atoms with Gasteiger partial charge in [0.05, 0.1) is 18.2 Å². The summed E-state index contributed by atoms with van der Waals surface area (Å²) in [4.78, 5) is 4.13. The first-order chi connectivity index (χ1) is 8.35. The van der Waals surface area contributed by atoms with E-state index in [0.717, 1.165) is 30.1 Å². The van der Waals surface area contributed by atoms with Crippen LogP contribution in [0.1, 0.15) is 25.5 Å². The summed E-state index contributed by atoms with van der Waals surface area (Å²) in [6.45, 7) is 3.22. The lowest BCUT2D eigenvalue weighted by atomic mass is 10.2. The van der Waals surface area contributed by atoms with Gasteiger partial charge in [0.15, 0.2) is 0 Å². The molecule has 2 heterocycles. The molecule has 0 unspecified atom stereocenters. The zero-order chi connectivity index (χ0) is 12.1. The fourth-order valence-corrected chi connectivity index (χ4v) is 1.76. The van der Waals surface area contributed by atoms with Crippen LogP contribution >= 0.6 is 0 Å². The average Bonchev–Trinajstić information content (AvgIpc) is 2.95. The van der Waals surface area contributed by atoms with Crippen molar-refractivity contribution in [2.45, 2.75) is 32.7 Å². The number of hydrogen-bond donors (Lipinski definition) is 1. The number of aliphatic hydroxyl groups is 1. The van der Waals surface area contributed by atoms with Crippen molar-refractivity contribution >= 4 is 0 Å². The van der Waals surface area contributed by atoms with Gasteiger partial charge in [-0.05, 0) is 12.8 Å². The van der Waals surface area contributed by atoms with Crippen LogP contribution in [0.4, 0.5) is 0 Å². The molecule has 0 aromatic carbocycles. The molecule has 0 saturated heterocycles. The SMILES string of the molecule is CCCn1cncc1-c1cc(CCCO)on1. The number of imidazole rings is 1. The Hall–Kier alpha value is -1.62. The van der Waals surface area contributed by atoms with Crippen LogP contribution < -0.4 is 0 Å². The zero-order valence-corrected chi connectivity index (χ0v) is 9.96. The second kappa shape index (κ2) is 5.63. The summed E-state index contributed by atoms with van der Waals surface area (Å²) in [7, 11) is 0. The van der Waals surface area contributed by atoms with Crippen LogP contribution in [0.15, 0.2) is 23.1 Å². The van der Waals surface area contributed by atoms with E-state index < -0.39 is 0 Å². The Kier molecular flexibility index (Phi) is 3.93. The van der Waals surface area contributed by atoms with Gasteiger partial charge in [0.2, 0.25) is 0 Å². The molecule has 0 aliphatic heterocycles. The minimum Gasteiger partial charge on any atom is -0.396 e. The number of rotatable bonds is 6. The van der Waals surface area contributed by atoms with Gasteiger partial charge in [0.25, 0.3) is 0 Å². The first kappa shape index (κ1) is 11.9. The van der Waals surface area contributed by atoms with Gasteiger partial charge in [-0.1, -0.05) is 12.1 Å². The molecule has 2 aromatic rings. The highest BCUT2D eigenvalue weighted by Crippen LogP contribution is 2.19. The van der Waals surface area contributed by atoms with Crippen molar-refractivity contribution in [2.24, 2.45) is 0 Å². The zero-order valence-electron chi connectivity index (χ0n) is 9.96. The van der Waals surface area contributed by atoms with E-state index in [1.807, 2.05) is 6.07 Å². The lowest BCUT2D eigenvalue weighted by molar-refractivity contribution is 0.280. The first-order valence-corrected chi connectivity index (χ1v) is 5.92. The molecular weight excluding hydrogens is 218 g/mol. The van der Waals surface area contributed by atoms with Crippen LogP contribution in [0.2, 0.25) is 0 Å². The summed E-state index contributed by atoms with van der Waals surface area (Å²) in [6, 6.07) is 1.92. The molecule has 0 fully saturated rings. The van der Waals surface area contributed by atoms with Crippen molar-refractivity contribution in [1.29, 1.82) is 0 Å². The Morgan fingerprint density at radius 1 is 1.47 bits per heavy atom. The lowest BCUT2D eigenvalue weighted by Gasteiger charge is -2.02. The van der Waals surface area contributed by atoms with Crippen molar-refractivity contribution in [2.75, 3.05) is 6.61 Å². The summed E-state index contributed by atoms with van der Waals surface area (Å²) >= 11 is 0. The third kappa shape index (κ3) is 2.74. The lowest BCUT2D eigenvalue weighted by Crippen LogP contribution is -1.97. The number of aromatic nitrogens is 3. The molecule has 0 saturated carbocycles. The van der Waals surface area contributed by atoms with Gasteiger partial charge in [-0.25, -0.2) is 4.98 Å².